The Morgan fingerprint density at radius 3 is 2.16 bits per heavy atom. The van der Waals surface area contributed by atoms with E-state index in [4.69, 9.17) is 0 Å². The first kappa shape index (κ1) is 22.4. The van der Waals surface area contributed by atoms with Gasteiger partial charge in [0.05, 0.1) is 4.90 Å². The largest absolute Gasteiger partial charge is 0.280 e. The average molecular weight is 466 g/mol. The third-order valence-electron chi connectivity index (χ3n) is 4.12. The second-order valence-electron chi connectivity index (χ2n) is 6.51. The molecule has 0 atom stereocenters. The third-order valence-corrected chi connectivity index (χ3v) is 6.86. The Balaban J connectivity index is 1.85. The molecule has 0 aromatic heterocycles. The molecule has 1 amide bonds. The van der Waals surface area contributed by atoms with Gasteiger partial charge in [0.25, 0.3) is 26.0 Å². The summed E-state index contributed by atoms with van der Waals surface area (Å²) in [4.78, 5) is 11.2. The van der Waals surface area contributed by atoms with Gasteiger partial charge in [-0.05, 0) is 49.4 Å². The average Bonchev–Trinajstić information content (AvgIpc) is 2.69. The van der Waals surface area contributed by atoms with Gasteiger partial charge in [0.2, 0.25) is 0 Å². The van der Waals surface area contributed by atoms with Crippen molar-refractivity contribution in [3.63, 3.8) is 0 Å². The summed E-state index contributed by atoms with van der Waals surface area (Å²) in [5, 5.41) is 0. The molecule has 3 aromatic rings. The molecule has 0 fully saturated rings. The molecule has 0 aliphatic heterocycles. The summed E-state index contributed by atoms with van der Waals surface area (Å²) >= 11 is 0. The van der Waals surface area contributed by atoms with Crippen LogP contribution < -0.4 is 9.44 Å². The zero-order chi connectivity index (χ0) is 22.8. The second-order valence-corrected chi connectivity index (χ2v) is 9.84. The Labute approximate surface area is 177 Å². The molecule has 3 aromatic carbocycles. The highest BCUT2D eigenvalue weighted by Gasteiger charge is 2.24. The van der Waals surface area contributed by atoms with Gasteiger partial charge in [-0.25, -0.2) is 30.3 Å². The molecule has 0 aliphatic carbocycles. The summed E-state index contributed by atoms with van der Waals surface area (Å²) in [7, 11) is -8.73. The maximum absolute atomic E-state index is 13.8. The number of rotatable bonds is 6. The Morgan fingerprint density at radius 1 is 0.839 bits per heavy atom. The summed E-state index contributed by atoms with van der Waals surface area (Å²) in [5.41, 5.74) is 0.938. The fourth-order valence-corrected chi connectivity index (χ4v) is 4.71. The van der Waals surface area contributed by atoms with E-state index in [0.717, 1.165) is 17.7 Å². The lowest BCUT2D eigenvalue weighted by Gasteiger charge is -2.11. The molecule has 0 aliphatic rings. The van der Waals surface area contributed by atoms with Crippen LogP contribution in [0.1, 0.15) is 15.9 Å². The third kappa shape index (κ3) is 5.25. The number of sulfonamides is 2. The summed E-state index contributed by atoms with van der Waals surface area (Å²) in [6.45, 7) is 1.84. The number of hydrogen-bond acceptors (Lipinski definition) is 5. The lowest BCUT2D eigenvalue weighted by atomic mass is 10.2. The standard InChI is InChI=1S/C20H16F2N2O5S2/c1-13-5-8-16(9-6-13)23-30(26,27)17-4-2-3-14(11-17)20(25)24-31(28,29)19-10-7-15(21)12-18(19)22/h2-12,23H,1H3,(H,24,25). The summed E-state index contributed by atoms with van der Waals surface area (Å²) in [5.74, 6) is -3.54. The first-order valence-electron chi connectivity index (χ1n) is 8.70. The van der Waals surface area contributed by atoms with Crippen LogP contribution in [-0.4, -0.2) is 22.7 Å². The normalized spacial score (nSPS) is 11.7. The van der Waals surface area contributed by atoms with Crippen molar-refractivity contribution in [1.29, 1.82) is 0 Å². The summed E-state index contributed by atoms with van der Waals surface area (Å²) in [6.07, 6.45) is 0. The smallest absolute Gasteiger partial charge is 0.267 e. The van der Waals surface area contributed by atoms with Gasteiger partial charge in [-0.1, -0.05) is 23.8 Å². The van der Waals surface area contributed by atoms with Gasteiger partial charge in [0, 0.05) is 17.3 Å². The minimum absolute atomic E-state index is 0.286. The fourth-order valence-electron chi connectivity index (χ4n) is 2.57. The summed E-state index contributed by atoms with van der Waals surface area (Å²) in [6, 6.07) is 13.0. The molecule has 0 unspecified atom stereocenters. The highest BCUT2D eigenvalue weighted by atomic mass is 32.2. The number of carbonyl (C=O) groups is 1. The Kier molecular flexibility index (Phi) is 6.09. The van der Waals surface area contributed by atoms with Crippen molar-refractivity contribution in [2.75, 3.05) is 4.72 Å². The van der Waals surface area contributed by atoms with E-state index in [2.05, 4.69) is 4.72 Å². The second kappa shape index (κ2) is 8.44. The lowest BCUT2D eigenvalue weighted by molar-refractivity contribution is 0.0981. The predicted molar refractivity (Wildman–Crippen MR) is 109 cm³/mol. The number of hydrogen-bond donors (Lipinski definition) is 2. The van der Waals surface area contributed by atoms with Crippen LogP contribution in [0.4, 0.5) is 14.5 Å². The fraction of sp³-hybridized carbons (Fsp3) is 0.0500. The number of amides is 1. The number of aryl methyl sites for hydroxylation is 1. The van der Waals surface area contributed by atoms with Crippen molar-refractivity contribution < 1.29 is 30.4 Å². The van der Waals surface area contributed by atoms with Crippen LogP contribution in [-0.2, 0) is 20.0 Å². The van der Waals surface area contributed by atoms with E-state index in [1.54, 1.807) is 29.0 Å². The first-order chi connectivity index (χ1) is 14.5. The number of benzene rings is 3. The molecule has 7 nitrogen and oxygen atoms in total. The number of anilines is 1. The zero-order valence-electron chi connectivity index (χ0n) is 16.0. The number of carbonyl (C=O) groups excluding carboxylic acids is 1. The van der Waals surface area contributed by atoms with Crippen LogP contribution in [0.25, 0.3) is 0 Å². The van der Waals surface area contributed by atoms with Crippen LogP contribution in [0.5, 0.6) is 0 Å². The SMILES string of the molecule is Cc1ccc(NS(=O)(=O)c2cccc(C(=O)NS(=O)(=O)c3ccc(F)cc3F)c2)cc1. The van der Waals surface area contributed by atoms with Gasteiger partial charge in [0.1, 0.15) is 16.5 Å². The molecule has 0 saturated heterocycles. The van der Waals surface area contributed by atoms with Gasteiger partial charge < -0.3 is 0 Å². The van der Waals surface area contributed by atoms with Crippen LogP contribution >= 0.6 is 0 Å². The predicted octanol–water partition coefficient (Wildman–Crippen LogP) is 3.19. The highest BCUT2D eigenvalue weighted by Crippen LogP contribution is 2.19. The van der Waals surface area contributed by atoms with E-state index in [0.29, 0.717) is 17.8 Å². The minimum atomic E-state index is -4.66. The summed E-state index contributed by atoms with van der Waals surface area (Å²) < 4.78 is 80.5. The van der Waals surface area contributed by atoms with Gasteiger partial charge in [-0.2, -0.15) is 0 Å². The van der Waals surface area contributed by atoms with Crippen molar-refractivity contribution in [3.05, 3.63) is 89.5 Å². The minimum Gasteiger partial charge on any atom is -0.280 e. The first-order valence-corrected chi connectivity index (χ1v) is 11.7. The molecular weight excluding hydrogens is 450 g/mol. The molecule has 2 N–H and O–H groups in total. The molecule has 0 radical (unpaired) electrons. The van der Waals surface area contributed by atoms with E-state index in [1.165, 1.54) is 18.2 Å². The molecule has 0 spiro atoms. The van der Waals surface area contributed by atoms with Crippen molar-refractivity contribution >= 4 is 31.6 Å². The molecule has 0 saturated carbocycles. The van der Waals surface area contributed by atoms with Crippen LogP contribution in [0, 0.1) is 18.6 Å². The van der Waals surface area contributed by atoms with Crippen LogP contribution in [0.2, 0.25) is 0 Å². The van der Waals surface area contributed by atoms with Crippen LogP contribution in [0.3, 0.4) is 0 Å². The Hall–Kier alpha value is -3.31. The van der Waals surface area contributed by atoms with Gasteiger partial charge in [0.15, 0.2) is 0 Å². The van der Waals surface area contributed by atoms with E-state index in [9.17, 15) is 30.4 Å². The molecule has 0 heterocycles. The van der Waals surface area contributed by atoms with E-state index >= 15 is 0 Å². The van der Waals surface area contributed by atoms with Gasteiger partial charge in [-0.15, -0.1) is 0 Å². The van der Waals surface area contributed by atoms with Crippen molar-refractivity contribution in [1.82, 2.24) is 4.72 Å². The Bertz CT molecular complexity index is 1360. The number of halogens is 2. The maximum atomic E-state index is 13.8. The molecule has 162 valence electrons. The van der Waals surface area contributed by atoms with Crippen molar-refractivity contribution in [3.8, 4) is 0 Å². The number of nitrogens with one attached hydrogen (secondary N) is 2. The molecule has 3 rings (SSSR count). The van der Waals surface area contributed by atoms with Crippen LogP contribution in [0.15, 0.2) is 76.5 Å². The molecule has 0 bridgehead atoms. The zero-order valence-corrected chi connectivity index (χ0v) is 17.6. The molecular formula is C20H16F2N2O5S2. The maximum Gasteiger partial charge on any atom is 0.267 e. The van der Waals surface area contributed by atoms with Crippen molar-refractivity contribution in [2.24, 2.45) is 0 Å². The van der Waals surface area contributed by atoms with Crippen molar-refractivity contribution in [2.45, 2.75) is 16.7 Å². The molecule has 31 heavy (non-hydrogen) atoms. The molecule has 11 heteroatoms. The highest BCUT2D eigenvalue weighted by molar-refractivity contribution is 7.92. The topological polar surface area (TPSA) is 109 Å². The Morgan fingerprint density at radius 2 is 1.52 bits per heavy atom. The van der Waals surface area contributed by atoms with Gasteiger partial charge in [-0.3, -0.25) is 9.52 Å². The van der Waals surface area contributed by atoms with E-state index in [1.807, 2.05) is 6.92 Å². The lowest BCUT2D eigenvalue weighted by Crippen LogP contribution is -2.31. The van der Waals surface area contributed by atoms with E-state index < -0.39 is 42.5 Å². The monoisotopic (exact) mass is 466 g/mol. The van der Waals surface area contributed by atoms with E-state index in [-0.39, 0.29) is 10.5 Å². The quantitative estimate of drug-likeness (QED) is 0.580. The van der Waals surface area contributed by atoms with Gasteiger partial charge >= 0.3 is 0 Å².